The molecule has 0 aromatic heterocycles. The molecule has 41 heavy (non-hydrogen) atoms. The van der Waals surface area contributed by atoms with Crippen LogP contribution in [0.4, 0.5) is 5.69 Å². The van der Waals surface area contributed by atoms with Crippen LogP contribution in [-0.2, 0) is 21.2 Å². The molecule has 3 aromatic rings. The Bertz CT molecular complexity index is 1490. The van der Waals surface area contributed by atoms with Crippen molar-refractivity contribution >= 4 is 27.3 Å². The molecule has 8 heteroatoms. The fourth-order valence-corrected chi connectivity index (χ4v) is 6.93. The summed E-state index contributed by atoms with van der Waals surface area (Å²) in [7, 11) is -3.61. The number of ether oxygens (including phenoxy) is 1. The van der Waals surface area contributed by atoms with E-state index < -0.39 is 21.0 Å². The van der Waals surface area contributed by atoms with Gasteiger partial charge in [0, 0.05) is 0 Å². The van der Waals surface area contributed by atoms with E-state index in [1.54, 1.807) is 35.3 Å². The lowest BCUT2D eigenvalue weighted by Gasteiger charge is -2.27. The molecule has 0 unspecified atom stereocenters. The molecule has 1 spiro atoms. The fraction of sp³-hybridized carbons (Fsp3) is 0.394. The van der Waals surface area contributed by atoms with Crippen LogP contribution in [0.1, 0.15) is 63.5 Å². The molecule has 0 bridgehead atoms. The van der Waals surface area contributed by atoms with Crippen LogP contribution >= 0.6 is 0 Å². The Labute approximate surface area is 243 Å². The molecule has 7 nitrogen and oxygen atoms in total. The number of hydrogen-bond acceptors (Lipinski definition) is 5. The molecule has 1 N–H and O–H groups in total. The van der Waals surface area contributed by atoms with Gasteiger partial charge < -0.3 is 4.74 Å². The SMILES string of the molecule is Cc1ccc(N2N=C(CCCc3ccc(OC(C)(C)CNS(=O)(=O)c4ccccc4)cc3)C3(CCCC3)C2=O)cc1. The highest BCUT2D eigenvalue weighted by molar-refractivity contribution is 7.89. The molecule has 5 rings (SSSR count). The van der Waals surface area contributed by atoms with Gasteiger partial charge in [0.25, 0.3) is 5.91 Å². The van der Waals surface area contributed by atoms with Crippen LogP contribution in [0.2, 0.25) is 0 Å². The highest BCUT2D eigenvalue weighted by Gasteiger charge is 2.52. The van der Waals surface area contributed by atoms with Crippen LogP contribution in [0.3, 0.4) is 0 Å². The van der Waals surface area contributed by atoms with Gasteiger partial charge >= 0.3 is 0 Å². The average Bonchev–Trinajstić information content (AvgIpc) is 3.56. The molecular formula is C33H39N3O4S. The Hall–Kier alpha value is -3.49. The minimum atomic E-state index is -3.61. The van der Waals surface area contributed by atoms with Crippen molar-refractivity contribution in [1.82, 2.24) is 4.72 Å². The number of nitrogens with one attached hydrogen (secondary N) is 1. The smallest absolute Gasteiger partial charge is 0.259 e. The first-order valence-electron chi connectivity index (χ1n) is 14.4. The first kappa shape index (κ1) is 29.0. The van der Waals surface area contributed by atoms with E-state index in [0.29, 0.717) is 5.75 Å². The van der Waals surface area contributed by atoms with Crippen molar-refractivity contribution in [2.24, 2.45) is 10.5 Å². The lowest BCUT2D eigenvalue weighted by atomic mass is 9.78. The summed E-state index contributed by atoms with van der Waals surface area (Å²) in [6.07, 6.45) is 6.47. The monoisotopic (exact) mass is 573 g/mol. The van der Waals surface area contributed by atoms with Gasteiger partial charge in [-0.3, -0.25) is 4.79 Å². The molecule has 1 amide bonds. The predicted octanol–water partition coefficient (Wildman–Crippen LogP) is 6.42. The Morgan fingerprint density at radius 3 is 2.24 bits per heavy atom. The minimum Gasteiger partial charge on any atom is -0.487 e. The van der Waals surface area contributed by atoms with Crippen LogP contribution in [0.15, 0.2) is 88.9 Å². The number of carbonyl (C=O) groups is 1. The van der Waals surface area contributed by atoms with Gasteiger partial charge in [-0.05, 0) is 94.8 Å². The summed E-state index contributed by atoms with van der Waals surface area (Å²) in [5.74, 6) is 0.811. The van der Waals surface area contributed by atoms with E-state index in [9.17, 15) is 13.2 Å². The van der Waals surface area contributed by atoms with Gasteiger partial charge in [-0.25, -0.2) is 13.1 Å². The topological polar surface area (TPSA) is 88.1 Å². The Morgan fingerprint density at radius 2 is 1.59 bits per heavy atom. The number of hydrogen-bond donors (Lipinski definition) is 1. The maximum Gasteiger partial charge on any atom is 0.259 e. The fourth-order valence-electron chi connectivity index (χ4n) is 5.71. The number of rotatable bonds is 11. The van der Waals surface area contributed by atoms with Crippen molar-refractivity contribution in [2.45, 2.75) is 76.2 Å². The van der Waals surface area contributed by atoms with Gasteiger partial charge in [-0.15, -0.1) is 0 Å². The zero-order chi connectivity index (χ0) is 29.1. The second-order valence-corrected chi connectivity index (χ2v) is 13.6. The van der Waals surface area contributed by atoms with E-state index in [4.69, 9.17) is 9.84 Å². The van der Waals surface area contributed by atoms with Crippen molar-refractivity contribution in [3.8, 4) is 5.75 Å². The number of nitrogens with zero attached hydrogens (tertiary/aromatic N) is 2. The third kappa shape index (κ3) is 6.54. The quantitative estimate of drug-likeness (QED) is 0.287. The van der Waals surface area contributed by atoms with E-state index >= 15 is 0 Å². The van der Waals surface area contributed by atoms with Gasteiger partial charge in [-0.1, -0.05) is 60.9 Å². The standard InChI is InChI=1S/C33H39N3O4S/c1-25-14-18-27(19-15-25)36-31(37)33(22-7-8-23-33)30(35-36)13-9-10-26-16-20-28(21-17-26)40-32(2,3)24-34-41(38,39)29-11-5-4-6-12-29/h4-6,11-12,14-21,34H,7-10,13,22-24H2,1-3H3. The van der Waals surface area contributed by atoms with Crippen molar-refractivity contribution in [2.75, 3.05) is 11.6 Å². The van der Waals surface area contributed by atoms with Crippen molar-refractivity contribution in [3.05, 3.63) is 90.0 Å². The number of anilines is 1. The molecule has 216 valence electrons. The van der Waals surface area contributed by atoms with Gasteiger partial charge in [-0.2, -0.15) is 10.1 Å². The molecule has 1 heterocycles. The summed E-state index contributed by atoms with van der Waals surface area (Å²) in [4.78, 5) is 13.8. The lowest BCUT2D eigenvalue weighted by molar-refractivity contribution is -0.123. The second-order valence-electron chi connectivity index (χ2n) is 11.8. The lowest BCUT2D eigenvalue weighted by Crippen LogP contribution is -2.42. The predicted molar refractivity (Wildman–Crippen MR) is 163 cm³/mol. The minimum absolute atomic E-state index is 0.129. The van der Waals surface area contributed by atoms with E-state index in [1.165, 1.54) is 5.56 Å². The van der Waals surface area contributed by atoms with Crippen molar-refractivity contribution < 1.29 is 17.9 Å². The van der Waals surface area contributed by atoms with Crippen LogP contribution in [0, 0.1) is 12.3 Å². The van der Waals surface area contributed by atoms with E-state index in [2.05, 4.69) is 4.72 Å². The Kier molecular flexibility index (Phi) is 8.34. The summed E-state index contributed by atoms with van der Waals surface area (Å²) in [5, 5.41) is 6.51. The summed E-state index contributed by atoms with van der Waals surface area (Å²) in [5.41, 5.74) is 3.04. The number of aryl methyl sites for hydroxylation is 2. The molecule has 1 aliphatic heterocycles. The third-order valence-corrected chi connectivity index (χ3v) is 9.47. The van der Waals surface area contributed by atoms with Crippen molar-refractivity contribution in [3.63, 3.8) is 0 Å². The number of sulfonamides is 1. The number of amides is 1. The molecular weight excluding hydrogens is 534 g/mol. The van der Waals surface area contributed by atoms with Gasteiger partial charge in [0.1, 0.15) is 11.4 Å². The second kappa shape index (κ2) is 11.8. The summed E-state index contributed by atoms with van der Waals surface area (Å²) in [6.45, 7) is 5.89. The zero-order valence-corrected chi connectivity index (χ0v) is 24.9. The van der Waals surface area contributed by atoms with E-state index in [0.717, 1.165) is 61.9 Å². The maximum absolute atomic E-state index is 13.5. The zero-order valence-electron chi connectivity index (χ0n) is 24.1. The van der Waals surface area contributed by atoms with Crippen LogP contribution in [-0.4, -0.2) is 32.2 Å². The number of hydrazone groups is 1. The summed E-state index contributed by atoms with van der Waals surface area (Å²) < 4.78 is 33.9. The van der Waals surface area contributed by atoms with Crippen LogP contribution < -0.4 is 14.5 Å². The number of benzene rings is 3. The molecule has 3 aromatic carbocycles. The van der Waals surface area contributed by atoms with Crippen LogP contribution in [0.5, 0.6) is 5.75 Å². The van der Waals surface area contributed by atoms with Gasteiger partial charge in [0.05, 0.1) is 28.3 Å². The molecule has 1 aliphatic carbocycles. The van der Waals surface area contributed by atoms with Gasteiger partial charge in [0.2, 0.25) is 10.0 Å². The molecule has 0 atom stereocenters. The maximum atomic E-state index is 13.5. The first-order valence-corrected chi connectivity index (χ1v) is 15.9. The van der Waals surface area contributed by atoms with Crippen molar-refractivity contribution in [1.29, 1.82) is 0 Å². The molecule has 0 saturated heterocycles. The highest BCUT2D eigenvalue weighted by atomic mass is 32.2. The third-order valence-electron chi connectivity index (χ3n) is 8.05. The molecule has 1 fully saturated rings. The molecule has 1 saturated carbocycles. The molecule has 2 aliphatic rings. The largest absolute Gasteiger partial charge is 0.487 e. The molecule has 0 radical (unpaired) electrons. The van der Waals surface area contributed by atoms with E-state index in [1.807, 2.05) is 69.3 Å². The summed E-state index contributed by atoms with van der Waals surface area (Å²) >= 11 is 0. The average molecular weight is 574 g/mol. The van der Waals surface area contributed by atoms with E-state index in [-0.39, 0.29) is 17.3 Å². The number of carbonyl (C=O) groups excluding carboxylic acids is 1. The Balaban J connectivity index is 1.17. The Morgan fingerprint density at radius 1 is 0.927 bits per heavy atom. The van der Waals surface area contributed by atoms with Gasteiger partial charge in [0.15, 0.2) is 0 Å². The highest BCUT2D eigenvalue weighted by Crippen LogP contribution is 2.46. The van der Waals surface area contributed by atoms with Crippen LogP contribution in [0.25, 0.3) is 0 Å². The summed E-state index contributed by atoms with van der Waals surface area (Å²) in [6, 6.07) is 24.3. The normalized spacial score (nSPS) is 16.8. The first-order chi connectivity index (χ1) is 19.6.